The van der Waals surface area contributed by atoms with Crippen molar-refractivity contribution in [2.75, 3.05) is 39.3 Å². The van der Waals surface area contributed by atoms with E-state index in [1.54, 1.807) is 4.90 Å². The average molecular weight is 413 g/mol. The highest BCUT2D eigenvalue weighted by Gasteiger charge is 2.25. The molecular formula is C23H32N4O3. The summed E-state index contributed by atoms with van der Waals surface area (Å²) in [5.41, 5.74) is 2.95. The van der Waals surface area contributed by atoms with Gasteiger partial charge in [0.25, 0.3) is 5.91 Å². The molecule has 1 aliphatic rings. The van der Waals surface area contributed by atoms with E-state index in [1.807, 2.05) is 58.9 Å². The third-order valence-corrected chi connectivity index (χ3v) is 5.07. The number of aryl methyl sites for hydroxylation is 2. The second-order valence-corrected chi connectivity index (χ2v) is 8.90. The maximum atomic E-state index is 12.8. The molecule has 1 fully saturated rings. The first-order chi connectivity index (χ1) is 14.1. The molecule has 0 saturated carbocycles. The maximum absolute atomic E-state index is 12.8. The maximum Gasteiger partial charge on any atom is 0.410 e. The van der Waals surface area contributed by atoms with Gasteiger partial charge in [0, 0.05) is 50.3 Å². The fourth-order valence-electron chi connectivity index (χ4n) is 3.56. The normalized spacial score (nSPS) is 15.3. The van der Waals surface area contributed by atoms with Gasteiger partial charge in [0.2, 0.25) is 0 Å². The molecule has 2 heterocycles. The van der Waals surface area contributed by atoms with E-state index in [-0.39, 0.29) is 12.0 Å². The largest absolute Gasteiger partial charge is 0.444 e. The van der Waals surface area contributed by atoms with Gasteiger partial charge in [0.15, 0.2) is 0 Å². The van der Waals surface area contributed by atoms with E-state index in [9.17, 15) is 9.59 Å². The molecule has 0 bridgehead atoms. The van der Waals surface area contributed by atoms with Gasteiger partial charge in [-0.15, -0.1) is 0 Å². The lowest BCUT2D eigenvalue weighted by molar-refractivity contribution is 0.0147. The third kappa shape index (κ3) is 5.69. The highest BCUT2D eigenvalue weighted by Crippen LogP contribution is 2.20. The van der Waals surface area contributed by atoms with Crippen LogP contribution in [0.1, 0.15) is 42.4 Å². The minimum absolute atomic E-state index is 0.0801. The van der Waals surface area contributed by atoms with Crippen LogP contribution in [0.2, 0.25) is 0 Å². The van der Waals surface area contributed by atoms with Gasteiger partial charge in [-0.2, -0.15) is 0 Å². The molecule has 162 valence electrons. The molecule has 2 amide bonds. The number of nitrogens with zero attached hydrogens (tertiary/aromatic N) is 3. The molecule has 7 heteroatoms. The van der Waals surface area contributed by atoms with Gasteiger partial charge in [-0.05, 0) is 52.8 Å². The lowest BCUT2D eigenvalue weighted by Crippen LogP contribution is -2.51. The fourth-order valence-corrected chi connectivity index (χ4v) is 3.56. The van der Waals surface area contributed by atoms with Crippen LogP contribution >= 0.6 is 0 Å². The van der Waals surface area contributed by atoms with Crippen molar-refractivity contribution >= 4 is 22.9 Å². The lowest BCUT2D eigenvalue weighted by Gasteiger charge is -2.35. The number of carbonyl (C=O) groups excluding carboxylic acids is 2. The number of hydrogen-bond acceptors (Lipinski definition) is 5. The van der Waals surface area contributed by atoms with Crippen LogP contribution in [-0.2, 0) is 4.74 Å². The fraction of sp³-hybridized carbons (Fsp3) is 0.522. The molecule has 2 aromatic rings. The van der Waals surface area contributed by atoms with E-state index in [0.717, 1.165) is 41.8 Å². The number of aromatic nitrogens is 1. The number of amides is 2. The minimum atomic E-state index is -0.480. The molecular weight excluding hydrogens is 380 g/mol. The van der Waals surface area contributed by atoms with E-state index in [2.05, 4.69) is 15.2 Å². The number of fused-ring (bicyclic) bond motifs is 1. The van der Waals surface area contributed by atoms with E-state index < -0.39 is 5.60 Å². The molecule has 1 N–H and O–H groups in total. The second-order valence-electron chi connectivity index (χ2n) is 8.90. The molecule has 1 aromatic carbocycles. The van der Waals surface area contributed by atoms with E-state index >= 15 is 0 Å². The van der Waals surface area contributed by atoms with Crippen molar-refractivity contribution < 1.29 is 14.3 Å². The summed E-state index contributed by atoms with van der Waals surface area (Å²) >= 11 is 0. The Balaban J connectivity index is 1.51. The zero-order chi connectivity index (χ0) is 21.9. The minimum Gasteiger partial charge on any atom is -0.444 e. The molecule has 0 unspecified atom stereocenters. The van der Waals surface area contributed by atoms with Crippen LogP contribution in [-0.4, -0.2) is 71.7 Å². The number of benzene rings is 1. The van der Waals surface area contributed by atoms with Crippen LogP contribution in [0, 0.1) is 13.8 Å². The summed E-state index contributed by atoms with van der Waals surface area (Å²) in [7, 11) is 0. The van der Waals surface area contributed by atoms with Crippen LogP contribution in [0.15, 0.2) is 24.3 Å². The number of nitrogens with one attached hydrogen (secondary N) is 1. The Kier molecular flexibility index (Phi) is 6.61. The van der Waals surface area contributed by atoms with Crippen molar-refractivity contribution in [2.24, 2.45) is 0 Å². The summed E-state index contributed by atoms with van der Waals surface area (Å²) in [4.78, 5) is 33.5. The van der Waals surface area contributed by atoms with Gasteiger partial charge in [-0.25, -0.2) is 4.79 Å². The van der Waals surface area contributed by atoms with Crippen molar-refractivity contribution in [2.45, 2.75) is 40.2 Å². The number of carbonyl (C=O) groups is 2. The molecule has 3 rings (SSSR count). The molecule has 1 aromatic heterocycles. The van der Waals surface area contributed by atoms with Crippen molar-refractivity contribution in [3.63, 3.8) is 0 Å². The summed E-state index contributed by atoms with van der Waals surface area (Å²) < 4.78 is 5.43. The molecule has 0 aliphatic carbocycles. The summed E-state index contributed by atoms with van der Waals surface area (Å²) in [6, 6.07) is 7.81. The Labute approximate surface area is 178 Å². The summed E-state index contributed by atoms with van der Waals surface area (Å²) in [6.45, 7) is 13.6. The van der Waals surface area contributed by atoms with Gasteiger partial charge >= 0.3 is 6.09 Å². The Bertz CT molecular complexity index is 928. The topological polar surface area (TPSA) is 74.8 Å². The van der Waals surface area contributed by atoms with Gasteiger partial charge in [0.05, 0.1) is 11.1 Å². The summed E-state index contributed by atoms with van der Waals surface area (Å²) in [5, 5.41) is 3.92. The highest BCUT2D eigenvalue weighted by atomic mass is 16.6. The first kappa shape index (κ1) is 22.0. The van der Waals surface area contributed by atoms with Crippen molar-refractivity contribution in [3.05, 3.63) is 41.1 Å². The van der Waals surface area contributed by atoms with Crippen LogP contribution in [0.5, 0.6) is 0 Å². The quantitative estimate of drug-likeness (QED) is 0.835. The molecule has 1 aliphatic heterocycles. The summed E-state index contributed by atoms with van der Waals surface area (Å²) in [5.74, 6) is -0.0801. The molecule has 0 atom stereocenters. The molecule has 1 saturated heterocycles. The van der Waals surface area contributed by atoms with E-state index in [1.165, 1.54) is 0 Å². The monoisotopic (exact) mass is 412 g/mol. The van der Waals surface area contributed by atoms with E-state index in [4.69, 9.17) is 4.74 Å². The molecule has 0 spiro atoms. The average Bonchev–Trinajstić information content (AvgIpc) is 2.66. The zero-order valence-electron chi connectivity index (χ0n) is 18.6. The van der Waals surface area contributed by atoms with Gasteiger partial charge in [0.1, 0.15) is 5.60 Å². The first-order valence-electron chi connectivity index (χ1n) is 10.5. The predicted octanol–water partition coefficient (Wildman–Crippen LogP) is 3.13. The second kappa shape index (κ2) is 9.00. The lowest BCUT2D eigenvalue weighted by atomic mass is 10.0. The molecule has 0 radical (unpaired) electrons. The van der Waals surface area contributed by atoms with Crippen molar-refractivity contribution in [3.8, 4) is 0 Å². The van der Waals surface area contributed by atoms with Gasteiger partial charge in [-0.1, -0.05) is 11.6 Å². The first-order valence-corrected chi connectivity index (χ1v) is 10.5. The Morgan fingerprint density at radius 1 is 1.10 bits per heavy atom. The summed E-state index contributed by atoms with van der Waals surface area (Å²) in [6.07, 6.45) is -0.259. The molecule has 30 heavy (non-hydrogen) atoms. The van der Waals surface area contributed by atoms with Crippen LogP contribution in [0.25, 0.3) is 10.9 Å². The van der Waals surface area contributed by atoms with Crippen LogP contribution < -0.4 is 5.32 Å². The Morgan fingerprint density at radius 2 is 1.80 bits per heavy atom. The van der Waals surface area contributed by atoms with Gasteiger partial charge < -0.3 is 15.0 Å². The molecule has 7 nitrogen and oxygen atoms in total. The number of hydrogen-bond donors (Lipinski definition) is 1. The SMILES string of the molecule is Cc1ccc2nc(C)cc(C(=O)NCCN3CCN(C(=O)OC(C)(C)C)CC3)c2c1. The van der Waals surface area contributed by atoms with Crippen LogP contribution in [0.4, 0.5) is 4.79 Å². The highest BCUT2D eigenvalue weighted by molar-refractivity contribution is 6.06. The van der Waals surface area contributed by atoms with Gasteiger partial charge in [-0.3, -0.25) is 14.7 Å². The smallest absolute Gasteiger partial charge is 0.410 e. The number of ether oxygens (including phenoxy) is 1. The Morgan fingerprint density at radius 3 is 2.47 bits per heavy atom. The van der Waals surface area contributed by atoms with Crippen molar-refractivity contribution in [1.29, 1.82) is 0 Å². The number of pyridine rings is 1. The number of piperazine rings is 1. The van der Waals surface area contributed by atoms with Crippen molar-refractivity contribution in [1.82, 2.24) is 20.1 Å². The van der Waals surface area contributed by atoms with E-state index in [0.29, 0.717) is 25.2 Å². The zero-order valence-corrected chi connectivity index (χ0v) is 18.6. The predicted molar refractivity (Wildman–Crippen MR) is 118 cm³/mol. The van der Waals surface area contributed by atoms with Crippen LogP contribution in [0.3, 0.4) is 0 Å². The third-order valence-electron chi connectivity index (χ3n) is 5.07. The standard InChI is InChI=1S/C23H32N4O3/c1-16-6-7-20-18(14-16)19(15-17(2)25-20)21(28)24-8-9-26-10-12-27(13-11-26)22(29)30-23(3,4)5/h6-7,14-15H,8-13H2,1-5H3,(H,24,28). The number of rotatable bonds is 4. The Hall–Kier alpha value is -2.67.